The number of carbonyl (C=O) groups is 2. The van der Waals surface area contributed by atoms with Gasteiger partial charge in [-0.05, 0) is 19.3 Å². The summed E-state index contributed by atoms with van der Waals surface area (Å²) in [5.74, 6) is -3.21. The highest BCUT2D eigenvalue weighted by Crippen LogP contribution is 2.32. The Bertz CT molecular complexity index is 646. The molecule has 0 bridgehead atoms. The maximum absolute atomic E-state index is 13.0. The van der Waals surface area contributed by atoms with E-state index >= 15 is 0 Å². The third kappa shape index (κ3) is 16.2. The standard InChI is InChI=1S/C26H50O8S/c1-4-7-10-12-14-16-18-26(22-33-20-9-6-3,19-17-15-13-11-8-5-2)34-35(31,32)23(25(29)30)21-24(27)28/h23H,4-22H2,1-3H3,(H,27,28)(H,29,30). The van der Waals surface area contributed by atoms with Crippen molar-refractivity contribution >= 4 is 22.1 Å². The van der Waals surface area contributed by atoms with Gasteiger partial charge >= 0.3 is 11.9 Å². The van der Waals surface area contributed by atoms with Gasteiger partial charge in [-0.2, -0.15) is 8.42 Å². The lowest BCUT2D eigenvalue weighted by atomic mass is 9.90. The molecule has 1 atom stereocenters. The van der Waals surface area contributed by atoms with Crippen LogP contribution in [-0.2, 0) is 28.6 Å². The maximum Gasteiger partial charge on any atom is 0.325 e. The summed E-state index contributed by atoms with van der Waals surface area (Å²) >= 11 is 0. The zero-order chi connectivity index (χ0) is 26.6. The molecule has 0 aromatic heterocycles. The number of unbranched alkanes of at least 4 members (excludes halogenated alkanes) is 11. The molecule has 0 aromatic rings. The molecule has 2 N–H and O–H groups in total. The van der Waals surface area contributed by atoms with Gasteiger partial charge in [0.1, 0.15) is 5.60 Å². The molecule has 0 radical (unpaired) electrons. The van der Waals surface area contributed by atoms with Crippen molar-refractivity contribution in [2.24, 2.45) is 0 Å². The average Bonchev–Trinajstić information content (AvgIpc) is 2.79. The van der Waals surface area contributed by atoms with E-state index < -0.39 is 39.3 Å². The molecule has 208 valence electrons. The van der Waals surface area contributed by atoms with Gasteiger partial charge < -0.3 is 14.9 Å². The van der Waals surface area contributed by atoms with Gasteiger partial charge in [-0.25, -0.2) is 0 Å². The lowest BCUT2D eigenvalue weighted by molar-refractivity contribution is -0.143. The van der Waals surface area contributed by atoms with E-state index in [4.69, 9.17) is 14.0 Å². The Labute approximate surface area is 213 Å². The fourth-order valence-corrected chi connectivity index (χ4v) is 5.53. The highest BCUT2D eigenvalue weighted by atomic mass is 32.2. The highest BCUT2D eigenvalue weighted by molar-refractivity contribution is 7.88. The smallest absolute Gasteiger partial charge is 0.325 e. The Hall–Kier alpha value is -1.19. The van der Waals surface area contributed by atoms with Crippen molar-refractivity contribution < 1.29 is 37.1 Å². The summed E-state index contributed by atoms with van der Waals surface area (Å²) in [6.45, 7) is 6.84. The van der Waals surface area contributed by atoms with Crippen molar-refractivity contribution in [2.45, 2.75) is 141 Å². The van der Waals surface area contributed by atoms with E-state index in [0.29, 0.717) is 19.4 Å². The number of carboxylic acid groups (broad SMARTS) is 2. The number of rotatable bonds is 25. The largest absolute Gasteiger partial charge is 0.481 e. The van der Waals surface area contributed by atoms with E-state index in [9.17, 15) is 23.1 Å². The fraction of sp³-hybridized carbons (Fsp3) is 0.923. The number of hydrogen-bond acceptors (Lipinski definition) is 6. The molecule has 0 heterocycles. The van der Waals surface area contributed by atoms with Crippen LogP contribution in [0.5, 0.6) is 0 Å². The van der Waals surface area contributed by atoms with Crippen LogP contribution in [0.4, 0.5) is 0 Å². The zero-order valence-corrected chi connectivity index (χ0v) is 23.1. The van der Waals surface area contributed by atoms with Crippen molar-refractivity contribution in [3.8, 4) is 0 Å². The first-order chi connectivity index (χ1) is 16.6. The first kappa shape index (κ1) is 33.8. The first-order valence-corrected chi connectivity index (χ1v) is 15.1. The van der Waals surface area contributed by atoms with Crippen LogP contribution in [0.2, 0.25) is 0 Å². The number of hydrogen-bond donors (Lipinski definition) is 2. The third-order valence-corrected chi connectivity index (χ3v) is 7.91. The minimum absolute atomic E-state index is 0.0512. The second kappa shape index (κ2) is 19.9. The zero-order valence-electron chi connectivity index (χ0n) is 22.3. The molecule has 0 spiro atoms. The molecule has 1 unspecified atom stereocenters. The average molecular weight is 523 g/mol. The van der Waals surface area contributed by atoms with Crippen molar-refractivity contribution in [1.29, 1.82) is 0 Å². The van der Waals surface area contributed by atoms with Crippen LogP contribution in [0.3, 0.4) is 0 Å². The Kier molecular flexibility index (Phi) is 19.3. The molecule has 0 aliphatic heterocycles. The third-order valence-electron chi connectivity index (χ3n) is 6.26. The Balaban J connectivity index is 5.65. The van der Waals surface area contributed by atoms with E-state index in [-0.39, 0.29) is 6.61 Å². The lowest BCUT2D eigenvalue weighted by Gasteiger charge is -2.34. The molecule has 0 rings (SSSR count). The molecule has 9 heteroatoms. The molecular formula is C26H50O8S. The van der Waals surface area contributed by atoms with Crippen molar-refractivity contribution in [3.05, 3.63) is 0 Å². The van der Waals surface area contributed by atoms with Crippen molar-refractivity contribution in [2.75, 3.05) is 13.2 Å². The molecule has 0 saturated heterocycles. The van der Waals surface area contributed by atoms with Crippen LogP contribution in [0, 0.1) is 0 Å². The SMILES string of the molecule is CCCCCCCCC(CCCCCCCC)(COCCCC)OS(=O)(=O)C(CC(=O)O)C(=O)O. The summed E-state index contributed by atoms with van der Waals surface area (Å²) in [6.07, 6.45) is 13.8. The van der Waals surface area contributed by atoms with Crippen LogP contribution in [0.1, 0.15) is 130 Å². The normalized spacial score (nSPS) is 13.1. The molecule has 0 aliphatic rings. The van der Waals surface area contributed by atoms with Gasteiger partial charge in [0.2, 0.25) is 0 Å². The van der Waals surface area contributed by atoms with E-state index in [1.54, 1.807) is 0 Å². The highest BCUT2D eigenvalue weighted by Gasteiger charge is 2.43. The van der Waals surface area contributed by atoms with Crippen LogP contribution in [0.25, 0.3) is 0 Å². The first-order valence-electron chi connectivity index (χ1n) is 13.6. The van der Waals surface area contributed by atoms with Crippen LogP contribution in [0.15, 0.2) is 0 Å². The summed E-state index contributed by atoms with van der Waals surface area (Å²) in [7, 11) is -4.68. The van der Waals surface area contributed by atoms with Gasteiger partial charge in [-0.3, -0.25) is 13.8 Å². The van der Waals surface area contributed by atoms with Crippen molar-refractivity contribution in [1.82, 2.24) is 0 Å². The predicted molar refractivity (Wildman–Crippen MR) is 138 cm³/mol. The number of aliphatic carboxylic acids is 2. The molecule has 0 aliphatic carbocycles. The van der Waals surface area contributed by atoms with Crippen LogP contribution in [-0.4, -0.2) is 54.6 Å². The van der Waals surface area contributed by atoms with E-state index in [2.05, 4.69) is 13.8 Å². The number of carboxylic acids is 2. The predicted octanol–water partition coefficient (Wildman–Crippen LogP) is 6.32. The second-order valence-corrected chi connectivity index (χ2v) is 11.3. The van der Waals surface area contributed by atoms with Gasteiger partial charge in [-0.15, -0.1) is 0 Å². The van der Waals surface area contributed by atoms with Gasteiger partial charge in [0.05, 0.1) is 13.0 Å². The molecule has 0 saturated carbocycles. The fourth-order valence-electron chi connectivity index (χ4n) is 4.11. The molecule has 0 amide bonds. The number of ether oxygens (including phenoxy) is 1. The van der Waals surface area contributed by atoms with Gasteiger partial charge in [0.25, 0.3) is 10.1 Å². The summed E-state index contributed by atoms with van der Waals surface area (Å²) in [6, 6.07) is 0. The quantitative estimate of drug-likeness (QED) is 0.105. The maximum atomic E-state index is 13.0. The molecule has 0 fully saturated rings. The molecule has 35 heavy (non-hydrogen) atoms. The summed E-state index contributed by atoms with van der Waals surface area (Å²) < 4.78 is 37.6. The van der Waals surface area contributed by atoms with Gasteiger partial charge in [0.15, 0.2) is 5.25 Å². The van der Waals surface area contributed by atoms with Crippen LogP contribution >= 0.6 is 0 Å². The molecular weight excluding hydrogens is 472 g/mol. The Morgan fingerprint density at radius 3 is 1.63 bits per heavy atom. The minimum Gasteiger partial charge on any atom is -0.481 e. The topological polar surface area (TPSA) is 127 Å². The second-order valence-electron chi connectivity index (χ2n) is 9.63. The Morgan fingerprint density at radius 2 is 1.20 bits per heavy atom. The van der Waals surface area contributed by atoms with E-state index in [0.717, 1.165) is 89.9 Å². The Morgan fingerprint density at radius 1 is 0.743 bits per heavy atom. The van der Waals surface area contributed by atoms with E-state index in [1.807, 2.05) is 6.92 Å². The summed E-state index contributed by atoms with van der Waals surface area (Å²) in [5.41, 5.74) is -1.19. The van der Waals surface area contributed by atoms with Crippen LogP contribution < -0.4 is 0 Å². The lowest BCUT2D eigenvalue weighted by Crippen LogP contribution is -2.45. The van der Waals surface area contributed by atoms with E-state index in [1.165, 1.54) is 0 Å². The molecule has 0 aromatic carbocycles. The van der Waals surface area contributed by atoms with Gasteiger partial charge in [-0.1, -0.05) is 104 Å². The molecule has 8 nitrogen and oxygen atoms in total. The van der Waals surface area contributed by atoms with Gasteiger partial charge in [0, 0.05) is 6.61 Å². The summed E-state index contributed by atoms with van der Waals surface area (Å²) in [4.78, 5) is 22.8. The van der Waals surface area contributed by atoms with Crippen molar-refractivity contribution in [3.63, 3.8) is 0 Å². The monoisotopic (exact) mass is 522 g/mol. The minimum atomic E-state index is -4.68. The summed E-state index contributed by atoms with van der Waals surface area (Å²) in [5, 5.41) is 16.4.